The fourth-order valence-electron chi connectivity index (χ4n) is 3.08. The van der Waals surface area contributed by atoms with E-state index in [0.717, 1.165) is 38.2 Å². The summed E-state index contributed by atoms with van der Waals surface area (Å²) in [5, 5.41) is 3.16. The van der Waals surface area contributed by atoms with E-state index < -0.39 is 10.0 Å². The van der Waals surface area contributed by atoms with Gasteiger partial charge in [-0.25, -0.2) is 8.42 Å². The second kappa shape index (κ2) is 11.6. The van der Waals surface area contributed by atoms with E-state index in [4.69, 9.17) is 4.74 Å². The lowest BCUT2D eigenvalue weighted by molar-refractivity contribution is -0.0440. The van der Waals surface area contributed by atoms with Crippen molar-refractivity contribution in [1.29, 1.82) is 0 Å². The van der Waals surface area contributed by atoms with Crippen LogP contribution in [0.2, 0.25) is 0 Å². The number of rotatable bonds is 10. The molecule has 1 saturated heterocycles. The molecule has 1 aliphatic heterocycles. The van der Waals surface area contributed by atoms with Crippen molar-refractivity contribution >= 4 is 16.0 Å². The average Bonchev–Trinajstić information content (AvgIpc) is 2.57. The normalized spacial score (nSPS) is 22.2. The molecule has 0 spiro atoms. The summed E-state index contributed by atoms with van der Waals surface area (Å²) < 4.78 is 32.3. The van der Waals surface area contributed by atoms with Gasteiger partial charge in [-0.2, -0.15) is 4.31 Å². The van der Waals surface area contributed by atoms with Crippen LogP contribution in [-0.2, 0) is 14.8 Å². The van der Waals surface area contributed by atoms with E-state index in [9.17, 15) is 8.42 Å². The summed E-state index contributed by atoms with van der Waals surface area (Å²) in [4.78, 5) is 6.29. The number of guanidine groups is 1. The van der Waals surface area contributed by atoms with Crippen molar-refractivity contribution in [2.75, 3.05) is 46.0 Å². The molecule has 1 N–H and O–H groups in total. The minimum Gasteiger partial charge on any atom is -0.373 e. The summed E-state index contributed by atoms with van der Waals surface area (Å²) in [7, 11) is 0.395. The minimum atomic E-state index is -3.30. The van der Waals surface area contributed by atoms with Gasteiger partial charge in [0.2, 0.25) is 10.0 Å². The fraction of sp³-hybridized carbons (Fsp3) is 0.833. The summed E-state index contributed by atoms with van der Waals surface area (Å²) in [5.74, 6) is 0.783. The zero-order chi connectivity index (χ0) is 19.6. The van der Waals surface area contributed by atoms with Crippen LogP contribution in [-0.4, -0.2) is 81.8 Å². The highest BCUT2D eigenvalue weighted by molar-refractivity contribution is 7.89. The SMILES string of the molecule is C=CCCCCCN(C)C(=NC)NCCS(=O)(=O)N1CC(C)OC(C)C1. The van der Waals surface area contributed by atoms with Crippen molar-refractivity contribution in [2.45, 2.75) is 51.7 Å². The van der Waals surface area contributed by atoms with Gasteiger partial charge in [0, 0.05) is 40.3 Å². The van der Waals surface area contributed by atoms with Crippen LogP contribution in [0.25, 0.3) is 0 Å². The van der Waals surface area contributed by atoms with Crippen LogP contribution in [0.3, 0.4) is 0 Å². The molecule has 0 aromatic carbocycles. The predicted octanol–water partition coefficient (Wildman–Crippen LogP) is 1.68. The van der Waals surface area contributed by atoms with Gasteiger partial charge in [0.1, 0.15) is 0 Å². The highest BCUT2D eigenvalue weighted by Gasteiger charge is 2.30. The van der Waals surface area contributed by atoms with Crippen LogP contribution in [0.15, 0.2) is 17.6 Å². The molecular weight excluding hydrogens is 352 g/mol. The van der Waals surface area contributed by atoms with Crippen molar-refractivity contribution < 1.29 is 13.2 Å². The van der Waals surface area contributed by atoms with Gasteiger partial charge in [-0.3, -0.25) is 4.99 Å². The number of nitrogens with one attached hydrogen (secondary N) is 1. The van der Waals surface area contributed by atoms with Crippen molar-refractivity contribution in [3.8, 4) is 0 Å². The van der Waals surface area contributed by atoms with E-state index >= 15 is 0 Å². The summed E-state index contributed by atoms with van der Waals surface area (Å²) in [5.41, 5.74) is 0. The molecule has 26 heavy (non-hydrogen) atoms. The smallest absolute Gasteiger partial charge is 0.216 e. The number of hydrogen-bond acceptors (Lipinski definition) is 4. The number of allylic oxidation sites excluding steroid dienone is 1. The Morgan fingerprint density at radius 1 is 1.31 bits per heavy atom. The van der Waals surface area contributed by atoms with Crippen LogP contribution in [0.4, 0.5) is 0 Å². The topological polar surface area (TPSA) is 74.2 Å². The van der Waals surface area contributed by atoms with Crippen molar-refractivity contribution in [3.63, 3.8) is 0 Å². The Morgan fingerprint density at radius 2 is 1.96 bits per heavy atom. The first-order valence-corrected chi connectivity index (χ1v) is 11.1. The number of hydrogen-bond donors (Lipinski definition) is 1. The molecule has 0 aromatic rings. The van der Waals surface area contributed by atoms with E-state index in [0.29, 0.717) is 19.6 Å². The third-order valence-corrected chi connectivity index (χ3v) is 6.20. The van der Waals surface area contributed by atoms with Gasteiger partial charge in [-0.1, -0.05) is 12.5 Å². The Morgan fingerprint density at radius 3 is 2.54 bits per heavy atom. The third kappa shape index (κ3) is 8.05. The predicted molar refractivity (Wildman–Crippen MR) is 108 cm³/mol. The molecule has 0 saturated carbocycles. The van der Waals surface area contributed by atoms with E-state index in [1.54, 1.807) is 11.4 Å². The molecule has 0 bridgehead atoms. The number of nitrogens with zero attached hydrogens (tertiary/aromatic N) is 3. The summed E-state index contributed by atoms with van der Waals surface area (Å²) in [6, 6.07) is 0. The molecule has 0 aromatic heterocycles. The lowest BCUT2D eigenvalue weighted by atomic mass is 10.2. The van der Waals surface area contributed by atoms with Crippen LogP contribution in [0.5, 0.6) is 0 Å². The Hall–Kier alpha value is -1.12. The molecule has 0 aliphatic carbocycles. The van der Waals surface area contributed by atoms with Crippen molar-refractivity contribution in [1.82, 2.24) is 14.5 Å². The van der Waals surface area contributed by atoms with Crippen LogP contribution >= 0.6 is 0 Å². The standard InChI is InChI=1S/C18H36N4O3S/c1-6-7-8-9-10-12-21(5)18(19-4)20-11-13-26(23,24)22-14-16(2)25-17(3)15-22/h6,16-17H,1,7-15H2,2-5H3,(H,19,20). The largest absolute Gasteiger partial charge is 0.373 e. The minimum absolute atomic E-state index is 0.0542. The number of morpholine rings is 1. The summed E-state index contributed by atoms with van der Waals surface area (Å²) >= 11 is 0. The number of aliphatic imine (C=N–C) groups is 1. The summed E-state index contributed by atoms with van der Waals surface area (Å²) in [6.07, 6.45) is 6.23. The molecule has 1 aliphatic rings. The quantitative estimate of drug-likeness (QED) is 0.267. The van der Waals surface area contributed by atoms with Gasteiger partial charge in [-0.05, 0) is 33.1 Å². The zero-order valence-corrected chi connectivity index (χ0v) is 17.6. The number of sulfonamides is 1. The van der Waals surface area contributed by atoms with E-state index in [-0.39, 0.29) is 18.0 Å². The van der Waals surface area contributed by atoms with Crippen LogP contribution < -0.4 is 5.32 Å². The Balaban J connectivity index is 2.39. The van der Waals surface area contributed by atoms with Gasteiger partial charge in [0.25, 0.3) is 0 Å². The zero-order valence-electron chi connectivity index (χ0n) is 16.8. The van der Waals surface area contributed by atoms with Gasteiger partial charge < -0.3 is 15.0 Å². The first-order valence-electron chi connectivity index (χ1n) is 9.46. The fourth-order valence-corrected chi connectivity index (χ4v) is 4.58. The van der Waals surface area contributed by atoms with Gasteiger partial charge in [-0.15, -0.1) is 6.58 Å². The third-order valence-electron chi connectivity index (χ3n) is 4.40. The lowest BCUT2D eigenvalue weighted by Gasteiger charge is -2.34. The molecule has 7 nitrogen and oxygen atoms in total. The molecule has 0 amide bonds. The molecule has 8 heteroatoms. The highest BCUT2D eigenvalue weighted by Crippen LogP contribution is 2.14. The Labute approximate surface area is 159 Å². The van der Waals surface area contributed by atoms with Crippen LogP contribution in [0.1, 0.15) is 39.5 Å². The van der Waals surface area contributed by atoms with Gasteiger partial charge in [0.05, 0.1) is 18.0 Å². The Kier molecular flexibility index (Phi) is 10.2. The molecule has 0 radical (unpaired) electrons. The second-order valence-electron chi connectivity index (χ2n) is 6.92. The van der Waals surface area contributed by atoms with Crippen LogP contribution in [0, 0.1) is 0 Å². The van der Waals surface area contributed by atoms with Crippen molar-refractivity contribution in [3.05, 3.63) is 12.7 Å². The second-order valence-corrected chi connectivity index (χ2v) is 9.01. The first kappa shape index (κ1) is 22.9. The Bertz CT molecular complexity index is 541. The molecule has 1 fully saturated rings. The highest BCUT2D eigenvalue weighted by atomic mass is 32.2. The van der Waals surface area contributed by atoms with E-state index in [1.807, 2.05) is 31.9 Å². The maximum Gasteiger partial charge on any atom is 0.216 e. The average molecular weight is 389 g/mol. The molecular formula is C18H36N4O3S. The lowest BCUT2D eigenvalue weighted by Crippen LogP contribution is -2.50. The molecule has 2 unspecified atom stereocenters. The molecule has 2 atom stereocenters. The number of unbranched alkanes of at least 4 members (excludes halogenated alkanes) is 3. The van der Waals surface area contributed by atoms with Crippen molar-refractivity contribution in [2.24, 2.45) is 4.99 Å². The molecule has 152 valence electrons. The number of ether oxygens (including phenoxy) is 1. The molecule has 1 heterocycles. The monoisotopic (exact) mass is 388 g/mol. The van der Waals surface area contributed by atoms with Gasteiger partial charge in [0.15, 0.2) is 5.96 Å². The molecule has 1 rings (SSSR count). The maximum absolute atomic E-state index is 12.6. The van der Waals surface area contributed by atoms with Gasteiger partial charge >= 0.3 is 0 Å². The van der Waals surface area contributed by atoms with E-state index in [2.05, 4.69) is 16.9 Å². The summed E-state index contributed by atoms with van der Waals surface area (Å²) in [6.45, 7) is 9.62. The maximum atomic E-state index is 12.6. The first-order chi connectivity index (χ1) is 12.3. The van der Waals surface area contributed by atoms with E-state index in [1.165, 1.54) is 0 Å².